The Bertz CT molecular complexity index is 1080. The maximum atomic E-state index is 12.4. The zero-order chi connectivity index (χ0) is 20.9. The third-order valence-corrected chi connectivity index (χ3v) is 5.97. The van der Waals surface area contributed by atoms with Crippen molar-refractivity contribution >= 4 is 23.2 Å². The van der Waals surface area contributed by atoms with Crippen molar-refractivity contribution in [3.05, 3.63) is 75.5 Å². The summed E-state index contributed by atoms with van der Waals surface area (Å²) in [6.45, 7) is 2.63. The number of hydrogen-bond acceptors (Lipinski definition) is 6. The number of hydrogen-bond donors (Lipinski definition) is 0. The number of rotatable bonds is 8. The van der Waals surface area contributed by atoms with E-state index in [9.17, 15) is 4.79 Å². The Kier molecular flexibility index (Phi) is 6.05. The SMILES string of the molecule is CCc1ccc(C(=O)/C=C/c2ccc(OC)c(COc3ccc4c(c3)OCO4)c2)s1. The maximum Gasteiger partial charge on any atom is 0.231 e. The van der Waals surface area contributed by atoms with Gasteiger partial charge in [0.1, 0.15) is 18.1 Å². The number of benzene rings is 2. The largest absolute Gasteiger partial charge is 0.496 e. The zero-order valence-corrected chi connectivity index (χ0v) is 17.7. The summed E-state index contributed by atoms with van der Waals surface area (Å²) >= 11 is 1.54. The van der Waals surface area contributed by atoms with Crippen LogP contribution >= 0.6 is 11.3 Å². The number of ketones is 1. The first-order valence-electron chi connectivity index (χ1n) is 9.66. The van der Waals surface area contributed by atoms with Gasteiger partial charge in [0.2, 0.25) is 6.79 Å². The van der Waals surface area contributed by atoms with Gasteiger partial charge in [0.05, 0.1) is 12.0 Å². The Morgan fingerprint density at radius 2 is 1.97 bits per heavy atom. The molecule has 0 radical (unpaired) electrons. The van der Waals surface area contributed by atoms with Gasteiger partial charge < -0.3 is 18.9 Å². The van der Waals surface area contributed by atoms with E-state index in [1.54, 1.807) is 13.2 Å². The normalized spacial score (nSPS) is 12.3. The molecule has 2 aromatic carbocycles. The van der Waals surface area contributed by atoms with E-state index in [0.29, 0.717) is 23.9 Å². The molecule has 154 valence electrons. The maximum absolute atomic E-state index is 12.4. The monoisotopic (exact) mass is 422 g/mol. The minimum Gasteiger partial charge on any atom is -0.496 e. The van der Waals surface area contributed by atoms with Crippen LogP contribution in [0.4, 0.5) is 0 Å². The number of aryl methyl sites for hydroxylation is 1. The van der Waals surface area contributed by atoms with Gasteiger partial charge in [0, 0.05) is 16.5 Å². The minimum absolute atomic E-state index is 0.00804. The highest BCUT2D eigenvalue weighted by Gasteiger charge is 2.14. The predicted molar refractivity (Wildman–Crippen MR) is 117 cm³/mol. The third kappa shape index (κ3) is 4.49. The molecule has 0 N–H and O–H groups in total. The van der Waals surface area contributed by atoms with Gasteiger partial charge in [0.15, 0.2) is 17.3 Å². The molecule has 1 aromatic heterocycles. The van der Waals surface area contributed by atoms with E-state index in [1.165, 1.54) is 16.2 Å². The third-order valence-electron chi connectivity index (χ3n) is 4.72. The van der Waals surface area contributed by atoms with Gasteiger partial charge in [-0.25, -0.2) is 0 Å². The standard InChI is InChI=1S/C24H22O5S/c1-3-19-7-11-24(30-19)20(25)8-4-16-5-9-21(26-2)17(12-16)14-27-18-6-10-22-23(13-18)29-15-28-22/h4-13H,3,14-15H2,1-2H3/b8-4+. The van der Waals surface area contributed by atoms with Crippen molar-refractivity contribution in [1.82, 2.24) is 0 Å². The van der Waals surface area contributed by atoms with E-state index >= 15 is 0 Å². The van der Waals surface area contributed by atoms with E-state index in [2.05, 4.69) is 6.92 Å². The second-order valence-corrected chi connectivity index (χ2v) is 7.86. The van der Waals surface area contributed by atoms with Crippen LogP contribution in [-0.2, 0) is 13.0 Å². The molecule has 0 atom stereocenters. The summed E-state index contributed by atoms with van der Waals surface area (Å²) in [6.07, 6.45) is 4.36. The number of carbonyl (C=O) groups is 1. The highest BCUT2D eigenvalue weighted by Crippen LogP contribution is 2.35. The second-order valence-electron chi connectivity index (χ2n) is 6.69. The molecule has 0 saturated carbocycles. The van der Waals surface area contributed by atoms with Crippen LogP contribution in [0.1, 0.15) is 32.6 Å². The first-order valence-corrected chi connectivity index (χ1v) is 10.5. The molecule has 1 aliphatic rings. The summed E-state index contributed by atoms with van der Waals surface area (Å²) in [4.78, 5) is 14.4. The summed E-state index contributed by atoms with van der Waals surface area (Å²) < 4.78 is 22.1. The average Bonchev–Trinajstić information content (AvgIpc) is 3.45. The number of ether oxygens (including phenoxy) is 4. The molecular weight excluding hydrogens is 400 g/mol. The smallest absolute Gasteiger partial charge is 0.231 e. The second kappa shape index (κ2) is 9.05. The first kappa shape index (κ1) is 20.0. The van der Waals surface area contributed by atoms with E-state index in [4.69, 9.17) is 18.9 Å². The van der Waals surface area contributed by atoms with Gasteiger partial charge in [-0.05, 0) is 54.5 Å². The highest BCUT2D eigenvalue weighted by molar-refractivity contribution is 7.14. The van der Waals surface area contributed by atoms with Gasteiger partial charge >= 0.3 is 0 Å². The van der Waals surface area contributed by atoms with Crippen molar-refractivity contribution in [2.75, 3.05) is 13.9 Å². The number of fused-ring (bicyclic) bond motifs is 1. The molecule has 0 fully saturated rings. The van der Waals surface area contributed by atoms with Crippen molar-refractivity contribution in [2.45, 2.75) is 20.0 Å². The van der Waals surface area contributed by atoms with Crippen LogP contribution in [0, 0.1) is 0 Å². The van der Waals surface area contributed by atoms with E-state index in [0.717, 1.165) is 28.2 Å². The van der Waals surface area contributed by atoms with Crippen LogP contribution in [0.5, 0.6) is 23.0 Å². The molecule has 0 amide bonds. The molecule has 0 bridgehead atoms. The summed E-state index contributed by atoms with van der Waals surface area (Å²) in [5.41, 5.74) is 1.79. The van der Waals surface area contributed by atoms with Crippen LogP contribution < -0.4 is 18.9 Å². The number of carbonyl (C=O) groups excluding carboxylic acids is 1. The fourth-order valence-electron chi connectivity index (χ4n) is 3.10. The molecule has 3 aromatic rings. The Morgan fingerprint density at radius 1 is 1.10 bits per heavy atom. The lowest BCUT2D eigenvalue weighted by molar-refractivity contribution is 0.105. The molecule has 30 heavy (non-hydrogen) atoms. The Labute approximate surface area is 179 Å². The zero-order valence-electron chi connectivity index (χ0n) is 16.8. The highest BCUT2D eigenvalue weighted by atomic mass is 32.1. The molecule has 1 aliphatic heterocycles. The summed E-state index contributed by atoms with van der Waals surface area (Å²) in [6, 6.07) is 15.1. The van der Waals surface area contributed by atoms with Gasteiger partial charge in [-0.2, -0.15) is 0 Å². The molecule has 0 aliphatic carbocycles. The number of thiophene rings is 1. The molecule has 4 rings (SSSR count). The van der Waals surface area contributed by atoms with Gasteiger partial charge in [0.25, 0.3) is 0 Å². The lowest BCUT2D eigenvalue weighted by atomic mass is 10.1. The topological polar surface area (TPSA) is 54.0 Å². The lowest BCUT2D eigenvalue weighted by Crippen LogP contribution is -1.99. The summed E-state index contributed by atoms with van der Waals surface area (Å²) in [5.74, 6) is 2.81. The molecule has 0 unspecified atom stereocenters. The molecule has 6 heteroatoms. The number of methoxy groups -OCH3 is 1. The van der Waals surface area contributed by atoms with Crippen LogP contribution in [0.3, 0.4) is 0 Å². The Hall–Kier alpha value is -3.25. The van der Waals surface area contributed by atoms with Gasteiger partial charge in [-0.15, -0.1) is 11.3 Å². The first-order chi connectivity index (χ1) is 14.7. The van der Waals surface area contributed by atoms with Crippen LogP contribution in [0.15, 0.2) is 54.6 Å². The van der Waals surface area contributed by atoms with Crippen LogP contribution in [0.2, 0.25) is 0 Å². The fraction of sp³-hybridized carbons (Fsp3) is 0.208. The molecule has 5 nitrogen and oxygen atoms in total. The minimum atomic E-state index is 0.00804. The van der Waals surface area contributed by atoms with Crippen molar-refractivity contribution < 1.29 is 23.7 Å². The van der Waals surface area contributed by atoms with Crippen molar-refractivity contribution in [2.24, 2.45) is 0 Å². The summed E-state index contributed by atoms with van der Waals surface area (Å²) in [7, 11) is 1.63. The van der Waals surface area contributed by atoms with E-state index < -0.39 is 0 Å². The van der Waals surface area contributed by atoms with Crippen LogP contribution in [-0.4, -0.2) is 19.7 Å². The fourth-order valence-corrected chi connectivity index (χ4v) is 3.96. The lowest BCUT2D eigenvalue weighted by Gasteiger charge is -2.11. The van der Waals surface area contributed by atoms with E-state index in [1.807, 2.05) is 54.6 Å². The van der Waals surface area contributed by atoms with Crippen LogP contribution in [0.25, 0.3) is 6.08 Å². The predicted octanol–water partition coefficient (Wildman–Crippen LogP) is 5.52. The molecular formula is C24H22O5S. The Morgan fingerprint density at radius 3 is 2.77 bits per heavy atom. The van der Waals surface area contributed by atoms with Gasteiger partial charge in [-0.3, -0.25) is 4.79 Å². The van der Waals surface area contributed by atoms with E-state index in [-0.39, 0.29) is 12.6 Å². The van der Waals surface area contributed by atoms with Crippen molar-refractivity contribution in [1.29, 1.82) is 0 Å². The summed E-state index contributed by atoms with van der Waals surface area (Å²) in [5, 5.41) is 0. The molecule has 2 heterocycles. The average molecular weight is 423 g/mol. The molecule has 0 spiro atoms. The van der Waals surface area contributed by atoms with Crippen molar-refractivity contribution in [3.63, 3.8) is 0 Å². The quantitative estimate of drug-likeness (QED) is 0.353. The van der Waals surface area contributed by atoms with Crippen molar-refractivity contribution in [3.8, 4) is 23.0 Å². The number of allylic oxidation sites excluding steroid dienone is 1. The Balaban J connectivity index is 1.46. The van der Waals surface area contributed by atoms with Gasteiger partial charge in [-0.1, -0.05) is 19.1 Å². The molecule has 0 saturated heterocycles.